The molecule has 4 heteroatoms. The van der Waals surface area contributed by atoms with Crippen LogP contribution < -0.4 is 11.3 Å². The van der Waals surface area contributed by atoms with Gasteiger partial charge in [0, 0.05) is 23.3 Å². The summed E-state index contributed by atoms with van der Waals surface area (Å²) in [6, 6.07) is 14.0. The maximum Gasteiger partial charge on any atom is 0.123 e. The van der Waals surface area contributed by atoms with E-state index in [1.807, 2.05) is 30.3 Å². The molecule has 0 saturated carbocycles. The molecule has 0 aliphatic rings. The molecule has 0 aliphatic carbocycles. The molecule has 3 nitrogen and oxygen atoms in total. The molecule has 0 spiro atoms. The Hall–Kier alpha value is -2.30. The van der Waals surface area contributed by atoms with E-state index in [1.165, 1.54) is 12.1 Å². The van der Waals surface area contributed by atoms with Crippen LogP contribution in [0.3, 0.4) is 0 Å². The van der Waals surface area contributed by atoms with Crippen molar-refractivity contribution in [3.8, 4) is 0 Å². The van der Waals surface area contributed by atoms with Gasteiger partial charge in [0.2, 0.25) is 0 Å². The third kappa shape index (κ3) is 2.27. The average molecular weight is 267 g/mol. The maximum atomic E-state index is 13.4. The number of rotatable bonds is 3. The summed E-state index contributed by atoms with van der Waals surface area (Å²) in [5.74, 6) is 5.40. The summed E-state index contributed by atoms with van der Waals surface area (Å²) in [5.41, 5.74) is 4.44. The first kappa shape index (κ1) is 12.7. The van der Waals surface area contributed by atoms with E-state index in [-0.39, 0.29) is 11.9 Å². The van der Waals surface area contributed by atoms with Crippen molar-refractivity contribution < 1.29 is 4.39 Å². The first-order valence-corrected chi connectivity index (χ1v) is 6.34. The Balaban J connectivity index is 2.17. The molecule has 2 aromatic carbocycles. The molecule has 3 aromatic rings. The fourth-order valence-electron chi connectivity index (χ4n) is 2.42. The number of fused-ring (bicyclic) bond motifs is 1. The molecule has 1 unspecified atom stereocenters. The van der Waals surface area contributed by atoms with Crippen molar-refractivity contribution in [1.29, 1.82) is 0 Å². The van der Waals surface area contributed by atoms with E-state index in [9.17, 15) is 4.39 Å². The van der Waals surface area contributed by atoms with Gasteiger partial charge in [0.05, 0.1) is 6.04 Å². The third-order valence-electron chi connectivity index (χ3n) is 3.36. The molecular formula is C16H14FN3. The van der Waals surface area contributed by atoms with Crippen molar-refractivity contribution in [3.05, 3.63) is 77.9 Å². The topological polar surface area (TPSA) is 50.9 Å². The highest BCUT2D eigenvalue weighted by molar-refractivity contribution is 5.85. The number of halogens is 1. The number of nitrogens with one attached hydrogen (secondary N) is 1. The van der Waals surface area contributed by atoms with Crippen LogP contribution in [0, 0.1) is 5.82 Å². The van der Waals surface area contributed by atoms with Gasteiger partial charge >= 0.3 is 0 Å². The first-order chi connectivity index (χ1) is 9.79. The second-order valence-corrected chi connectivity index (χ2v) is 4.60. The third-order valence-corrected chi connectivity index (χ3v) is 3.36. The van der Waals surface area contributed by atoms with Crippen molar-refractivity contribution in [2.45, 2.75) is 6.04 Å². The van der Waals surface area contributed by atoms with Gasteiger partial charge in [-0.1, -0.05) is 36.4 Å². The SMILES string of the molecule is NNC(c1cccc(F)c1)c1cncc2ccccc12. The van der Waals surface area contributed by atoms with E-state index in [0.717, 1.165) is 21.9 Å². The fourth-order valence-corrected chi connectivity index (χ4v) is 2.42. The highest BCUT2D eigenvalue weighted by Crippen LogP contribution is 2.27. The molecule has 1 aromatic heterocycles. The molecule has 0 radical (unpaired) electrons. The number of hydrazine groups is 1. The number of hydrogen-bond donors (Lipinski definition) is 2. The first-order valence-electron chi connectivity index (χ1n) is 6.34. The van der Waals surface area contributed by atoms with E-state index >= 15 is 0 Å². The lowest BCUT2D eigenvalue weighted by Crippen LogP contribution is -2.29. The number of nitrogens with two attached hydrogens (primary N) is 1. The summed E-state index contributed by atoms with van der Waals surface area (Å²) in [7, 11) is 0. The van der Waals surface area contributed by atoms with E-state index in [0.29, 0.717) is 0 Å². The number of hydrogen-bond acceptors (Lipinski definition) is 3. The quantitative estimate of drug-likeness (QED) is 0.566. The Kier molecular flexibility index (Phi) is 3.41. The minimum atomic E-state index is -0.302. The zero-order chi connectivity index (χ0) is 13.9. The Labute approximate surface area is 116 Å². The zero-order valence-corrected chi connectivity index (χ0v) is 10.8. The minimum Gasteiger partial charge on any atom is -0.271 e. The molecule has 3 N–H and O–H groups in total. The van der Waals surface area contributed by atoms with E-state index in [1.54, 1.807) is 18.5 Å². The van der Waals surface area contributed by atoms with Crippen LogP contribution >= 0.6 is 0 Å². The fraction of sp³-hybridized carbons (Fsp3) is 0.0625. The van der Waals surface area contributed by atoms with Gasteiger partial charge in [-0.2, -0.15) is 0 Å². The lowest BCUT2D eigenvalue weighted by atomic mass is 9.96. The van der Waals surface area contributed by atoms with Crippen molar-refractivity contribution in [2.24, 2.45) is 5.84 Å². The Morgan fingerprint density at radius 3 is 2.70 bits per heavy atom. The van der Waals surface area contributed by atoms with Gasteiger partial charge in [0.1, 0.15) is 5.82 Å². The average Bonchev–Trinajstić information content (AvgIpc) is 2.48. The van der Waals surface area contributed by atoms with Crippen LogP contribution in [0.25, 0.3) is 10.8 Å². The predicted molar refractivity (Wildman–Crippen MR) is 77.3 cm³/mol. The van der Waals surface area contributed by atoms with Gasteiger partial charge < -0.3 is 0 Å². The van der Waals surface area contributed by atoms with Crippen LogP contribution in [0.1, 0.15) is 17.2 Å². The summed E-state index contributed by atoms with van der Waals surface area (Å²) in [6.45, 7) is 0. The van der Waals surface area contributed by atoms with Crippen molar-refractivity contribution >= 4 is 10.8 Å². The largest absolute Gasteiger partial charge is 0.271 e. The van der Waals surface area contributed by atoms with E-state index in [2.05, 4.69) is 10.4 Å². The number of benzene rings is 2. The van der Waals surface area contributed by atoms with Crippen molar-refractivity contribution in [3.63, 3.8) is 0 Å². The Bertz CT molecular complexity index is 737. The van der Waals surface area contributed by atoms with Gasteiger partial charge in [-0.05, 0) is 23.1 Å². The molecule has 0 bridgehead atoms. The van der Waals surface area contributed by atoms with Gasteiger partial charge in [0.15, 0.2) is 0 Å². The van der Waals surface area contributed by atoms with Gasteiger partial charge in [-0.3, -0.25) is 10.8 Å². The second-order valence-electron chi connectivity index (χ2n) is 4.60. The number of aromatic nitrogens is 1. The van der Waals surface area contributed by atoms with Gasteiger partial charge in [-0.15, -0.1) is 0 Å². The van der Waals surface area contributed by atoms with Gasteiger partial charge in [-0.25, -0.2) is 9.82 Å². The lowest BCUT2D eigenvalue weighted by Gasteiger charge is -2.18. The molecule has 0 aliphatic heterocycles. The van der Waals surface area contributed by atoms with Crippen LogP contribution in [-0.2, 0) is 0 Å². The molecule has 0 amide bonds. The molecule has 1 atom stereocenters. The minimum absolute atomic E-state index is 0.282. The number of nitrogens with zero attached hydrogens (tertiary/aromatic N) is 1. The van der Waals surface area contributed by atoms with Crippen LogP contribution in [0.4, 0.5) is 4.39 Å². The molecule has 100 valence electrons. The maximum absolute atomic E-state index is 13.4. The van der Waals surface area contributed by atoms with Gasteiger partial charge in [0.25, 0.3) is 0 Å². The lowest BCUT2D eigenvalue weighted by molar-refractivity contribution is 0.606. The Morgan fingerprint density at radius 1 is 1.05 bits per heavy atom. The predicted octanol–water partition coefficient (Wildman–Crippen LogP) is 2.93. The second kappa shape index (κ2) is 5.36. The molecule has 3 rings (SSSR count). The molecule has 0 saturated heterocycles. The van der Waals surface area contributed by atoms with Crippen LogP contribution in [0.2, 0.25) is 0 Å². The smallest absolute Gasteiger partial charge is 0.123 e. The van der Waals surface area contributed by atoms with Crippen LogP contribution in [0.5, 0.6) is 0 Å². The molecule has 20 heavy (non-hydrogen) atoms. The summed E-state index contributed by atoms with van der Waals surface area (Å²) in [4.78, 5) is 4.24. The van der Waals surface area contributed by atoms with E-state index in [4.69, 9.17) is 5.84 Å². The monoisotopic (exact) mass is 267 g/mol. The highest BCUT2D eigenvalue weighted by atomic mass is 19.1. The Morgan fingerprint density at radius 2 is 1.90 bits per heavy atom. The van der Waals surface area contributed by atoms with E-state index < -0.39 is 0 Å². The van der Waals surface area contributed by atoms with Crippen LogP contribution in [-0.4, -0.2) is 4.98 Å². The van der Waals surface area contributed by atoms with Crippen molar-refractivity contribution in [1.82, 2.24) is 10.4 Å². The summed E-state index contributed by atoms with van der Waals surface area (Å²) < 4.78 is 13.4. The summed E-state index contributed by atoms with van der Waals surface area (Å²) in [6.07, 6.45) is 3.57. The van der Waals surface area contributed by atoms with Crippen molar-refractivity contribution in [2.75, 3.05) is 0 Å². The highest BCUT2D eigenvalue weighted by Gasteiger charge is 2.16. The zero-order valence-electron chi connectivity index (χ0n) is 10.8. The summed E-state index contributed by atoms with van der Waals surface area (Å²) in [5, 5.41) is 2.08. The molecular weight excluding hydrogens is 253 g/mol. The number of pyridine rings is 1. The molecule has 0 fully saturated rings. The summed E-state index contributed by atoms with van der Waals surface area (Å²) >= 11 is 0. The normalized spacial score (nSPS) is 12.5. The molecule has 1 heterocycles. The standard InChI is InChI=1S/C16H14FN3/c17-13-6-3-5-11(8-13)16(20-18)15-10-19-9-12-4-1-2-7-14(12)15/h1-10,16,20H,18H2. The van der Waals surface area contributed by atoms with Crippen LogP contribution in [0.15, 0.2) is 60.9 Å².